The van der Waals surface area contributed by atoms with Crippen molar-refractivity contribution in [2.24, 2.45) is 5.92 Å². The number of aliphatic hydroxyl groups excluding tert-OH is 3. The van der Waals surface area contributed by atoms with Gasteiger partial charge in [-0.25, -0.2) is 0 Å². The van der Waals surface area contributed by atoms with Gasteiger partial charge >= 0.3 is 5.97 Å². The summed E-state index contributed by atoms with van der Waals surface area (Å²) in [5.41, 5.74) is 0. The van der Waals surface area contributed by atoms with Gasteiger partial charge in [0.2, 0.25) is 0 Å². The summed E-state index contributed by atoms with van der Waals surface area (Å²) in [5, 5.41) is 39.8. The third-order valence-corrected chi connectivity index (χ3v) is 6.70. The summed E-state index contributed by atoms with van der Waals surface area (Å²) >= 11 is 7.35. The Balaban J connectivity index is 1.75. The van der Waals surface area contributed by atoms with Crippen LogP contribution in [0, 0.1) is 5.92 Å². The van der Waals surface area contributed by atoms with E-state index in [-0.39, 0.29) is 24.2 Å². The molecule has 162 valence electrons. The number of hydrogen-bond acceptors (Lipinski definition) is 6. The molecular formula is C21H29ClO6S. The molecule has 5 atom stereocenters. The normalized spacial score (nSPS) is 25.4. The zero-order valence-electron chi connectivity index (χ0n) is 16.2. The molecule has 0 bridgehead atoms. The third-order valence-electron chi connectivity index (χ3n) is 4.83. The molecule has 1 aliphatic rings. The number of halogens is 1. The smallest absolute Gasteiger partial charge is 0.303 e. The first kappa shape index (κ1) is 24.0. The van der Waals surface area contributed by atoms with E-state index < -0.39 is 24.3 Å². The van der Waals surface area contributed by atoms with Crippen molar-refractivity contribution in [3.8, 4) is 5.75 Å². The molecule has 0 radical (unpaired) electrons. The zero-order valence-corrected chi connectivity index (χ0v) is 17.8. The Bertz CT molecular complexity index is 670. The fraction of sp³-hybridized carbons (Fsp3) is 0.571. The standard InChI is InChI=1S/C21H29ClO6S/c22-14-6-5-7-16(10-14)28-12-15(23)13-29-21-17(18(24)11-19(21)25)8-3-1-2-4-9-20(26)27/h1,3,5-7,10,15,17-19,21,23-25H,2,4,8-9,11-13H2,(H,26,27)/b3-1-/t15-,17+,18+,19-,21-/m1/s1. The quantitative estimate of drug-likeness (QED) is 0.290. The molecule has 1 fully saturated rings. The fourth-order valence-corrected chi connectivity index (χ4v) is 4.94. The van der Waals surface area contributed by atoms with E-state index in [0.717, 1.165) is 0 Å². The molecule has 0 aromatic heterocycles. The molecule has 2 rings (SSSR count). The molecule has 0 amide bonds. The SMILES string of the molecule is O=C(O)CCC/C=C\C[C@@H]1[C@@H](SC[C@H](O)COc2cccc(Cl)c2)[C@H](O)C[C@@H]1O. The van der Waals surface area contributed by atoms with Crippen LogP contribution in [-0.4, -0.2) is 62.3 Å². The highest BCUT2D eigenvalue weighted by molar-refractivity contribution is 8.00. The Labute approximate surface area is 180 Å². The summed E-state index contributed by atoms with van der Waals surface area (Å²) in [6.45, 7) is 0.118. The Morgan fingerprint density at radius 3 is 2.83 bits per heavy atom. The minimum Gasteiger partial charge on any atom is -0.491 e. The van der Waals surface area contributed by atoms with Crippen LogP contribution in [0.1, 0.15) is 32.1 Å². The number of benzene rings is 1. The van der Waals surface area contributed by atoms with Gasteiger partial charge in [-0.1, -0.05) is 29.8 Å². The molecule has 0 aliphatic heterocycles. The van der Waals surface area contributed by atoms with Crippen molar-refractivity contribution in [2.45, 2.75) is 55.7 Å². The molecule has 1 aromatic rings. The monoisotopic (exact) mass is 444 g/mol. The molecular weight excluding hydrogens is 416 g/mol. The number of rotatable bonds is 12. The summed E-state index contributed by atoms with van der Waals surface area (Å²) in [4.78, 5) is 10.5. The van der Waals surface area contributed by atoms with Gasteiger partial charge in [-0.15, -0.1) is 0 Å². The lowest BCUT2D eigenvalue weighted by molar-refractivity contribution is -0.137. The number of unbranched alkanes of at least 4 members (excludes halogenated alkanes) is 1. The Hall–Kier alpha value is -1.25. The van der Waals surface area contributed by atoms with Gasteiger partial charge in [-0.3, -0.25) is 4.79 Å². The van der Waals surface area contributed by atoms with Crippen molar-refractivity contribution in [1.29, 1.82) is 0 Å². The van der Waals surface area contributed by atoms with Crippen LogP contribution in [0.25, 0.3) is 0 Å². The highest BCUT2D eigenvalue weighted by Crippen LogP contribution is 2.38. The number of thioether (sulfide) groups is 1. The van der Waals surface area contributed by atoms with Crippen LogP contribution in [0.2, 0.25) is 5.02 Å². The Morgan fingerprint density at radius 2 is 2.10 bits per heavy atom. The van der Waals surface area contributed by atoms with Crippen molar-refractivity contribution < 1.29 is 30.0 Å². The summed E-state index contributed by atoms with van der Waals surface area (Å²) < 4.78 is 5.55. The second-order valence-corrected chi connectivity index (χ2v) is 8.89. The Kier molecular flexibility index (Phi) is 10.3. The fourth-order valence-electron chi connectivity index (χ4n) is 3.35. The van der Waals surface area contributed by atoms with E-state index in [1.54, 1.807) is 24.3 Å². The molecule has 4 N–H and O–H groups in total. The van der Waals surface area contributed by atoms with Crippen LogP contribution in [0.3, 0.4) is 0 Å². The number of carboxylic acid groups (broad SMARTS) is 1. The predicted octanol–water partition coefficient (Wildman–Crippen LogP) is 3.12. The highest BCUT2D eigenvalue weighted by atomic mass is 35.5. The number of carboxylic acids is 1. The molecule has 0 unspecified atom stereocenters. The van der Waals surface area contributed by atoms with Crippen molar-refractivity contribution in [1.82, 2.24) is 0 Å². The van der Waals surface area contributed by atoms with Crippen molar-refractivity contribution in [2.75, 3.05) is 12.4 Å². The zero-order chi connectivity index (χ0) is 21.2. The highest BCUT2D eigenvalue weighted by Gasteiger charge is 2.41. The van der Waals surface area contributed by atoms with E-state index in [0.29, 0.717) is 42.2 Å². The summed E-state index contributed by atoms with van der Waals surface area (Å²) in [6.07, 6.45) is 4.28. The van der Waals surface area contributed by atoms with E-state index in [1.807, 2.05) is 12.2 Å². The van der Waals surface area contributed by atoms with Gasteiger partial charge in [0, 0.05) is 34.8 Å². The number of aliphatic hydroxyl groups is 3. The molecule has 0 spiro atoms. The Morgan fingerprint density at radius 1 is 1.31 bits per heavy atom. The van der Waals surface area contributed by atoms with E-state index in [9.17, 15) is 20.1 Å². The summed E-state index contributed by atoms with van der Waals surface area (Å²) in [7, 11) is 0. The third kappa shape index (κ3) is 8.56. The van der Waals surface area contributed by atoms with Gasteiger partial charge in [-0.2, -0.15) is 11.8 Å². The summed E-state index contributed by atoms with van der Waals surface area (Å²) in [6, 6.07) is 6.96. The average molecular weight is 445 g/mol. The molecule has 29 heavy (non-hydrogen) atoms. The first-order valence-corrected chi connectivity index (χ1v) is 11.2. The van der Waals surface area contributed by atoms with Crippen LogP contribution in [0.15, 0.2) is 36.4 Å². The second kappa shape index (κ2) is 12.4. The number of allylic oxidation sites excluding steroid dienone is 2. The molecule has 1 aromatic carbocycles. The van der Waals surface area contributed by atoms with E-state index >= 15 is 0 Å². The van der Waals surface area contributed by atoms with Crippen LogP contribution >= 0.6 is 23.4 Å². The molecule has 1 aliphatic carbocycles. The van der Waals surface area contributed by atoms with Crippen LogP contribution in [0.5, 0.6) is 5.75 Å². The van der Waals surface area contributed by atoms with Crippen molar-refractivity contribution in [3.63, 3.8) is 0 Å². The van der Waals surface area contributed by atoms with E-state index in [2.05, 4.69) is 0 Å². The number of carbonyl (C=O) groups is 1. The second-order valence-electron chi connectivity index (χ2n) is 7.25. The van der Waals surface area contributed by atoms with Crippen LogP contribution in [0.4, 0.5) is 0 Å². The molecule has 0 heterocycles. The van der Waals surface area contributed by atoms with Gasteiger partial charge in [0.05, 0.1) is 18.3 Å². The van der Waals surface area contributed by atoms with Gasteiger partial charge in [-0.05, 0) is 37.5 Å². The predicted molar refractivity (Wildman–Crippen MR) is 115 cm³/mol. The topological polar surface area (TPSA) is 107 Å². The number of aliphatic carboxylic acids is 1. The maximum absolute atomic E-state index is 10.5. The van der Waals surface area contributed by atoms with Gasteiger partial charge in [0.1, 0.15) is 12.4 Å². The van der Waals surface area contributed by atoms with Crippen molar-refractivity contribution in [3.05, 3.63) is 41.4 Å². The molecule has 8 heteroatoms. The van der Waals surface area contributed by atoms with Crippen LogP contribution < -0.4 is 4.74 Å². The minimum atomic E-state index is -0.804. The maximum Gasteiger partial charge on any atom is 0.303 e. The van der Waals surface area contributed by atoms with E-state index in [4.69, 9.17) is 21.4 Å². The van der Waals surface area contributed by atoms with E-state index in [1.165, 1.54) is 11.8 Å². The number of hydrogen-bond donors (Lipinski definition) is 4. The van der Waals surface area contributed by atoms with Gasteiger partial charge < -0.3 is 25.2 Å². The lowest BCUT2D eigenvalue weighted by Gasteiger charge is -2.23. The van der Waals surface area contributed by atoms with Crippen LogP contribution in [-0.2, 0) is 4.79 Å². The maximum atomic E-state index is 10.5. The molecule has 6 nitrogen and oxygen atoms in total. The largest absolute Gasteiger partial charge is 0.491 e. The minimum absolute atomic E-state index is 0.105. The molecule has 0 saturated heterocycles. The lowest BCUT2D eigenvalue weighted by atomic mass is 10.0. The van der Waals surface area contributed by atoms with Gasteiger partial charge in [0.15, 0.2) is 0 Å². The van der Waals surface area contributed by atoms with Gasteiger partial charge in [0.25, 0.3) is 0 Å². The number of ether oxygens (including phenoxy) is 1. The average Bonchev–Trinajstić information content (AvgIpc) is 2.93. The first-order chi connectivity index (χ1) is 13.9. The molecule has 1 saturated carbocycles. The first-order valence-electron chi connectivity index (χ1n) is 9.77. The lowest BCUT2D eigenvalue weighted by Crippen LogP contribution is -2.28. The van der Waals surface area contributed by atoms with Crippen molar-refractivity contribution >= 4 is 29.3 Å². The summed E-state index contributed by atoms with van der Waals surface area (Å²) in [5.74, 6) is 0.0612.